The molecule has 1 N–H and O–H groups in total. The summed E-state index contributed by atoms with van der Waals surface area (Å²) in [7, 11) is 2.10. The number of likely N-dealkylation sites (N-methyl/N-ethyl adjacent to an activating group) is 1. The number of rotatable bonds is 10. The fourth-order valence-corrected chi connectivity index (χ4v) is 3.95. The van der Waals surface area contributed by atoms with Crippen LogP contribution in [0.25, 0.3) is 11.3 Å². The van der Waals surface area contributed by atoms with Crippen LogP contribution < -0.4 is 25.2 Å². The van der Waals surface area contributed by atoms with E-state index in [-0.39, 0.29) is 24.6 Å². The minimum absolute atomic E-state index is 0.228. The molecule has 1 atom stereocenters. The van der Waals surface area contributed by atoms with Gasteiger partial charge in [0.2, 0.25) is 11.8 Å². The Balaban J connectivity index is 1.31. The first-order valence-electron chi connectivity index (χ1n) is 12.4. The SMILES string of the molecule is CCOc1ccc(-c2ccc(=O)n(C(C)C(=O)NCCOc3cc(N4CCN(C)CC4)ncn3)n2)cc1. The van der Waals surface area contributed by atoms with Crippen LogP contribution in [0.15, 0.2) is 53.6 Å². The van der Waals surface area contributed by atoms with Gasteiger partial charge in [-0.05, 0) is 51.2 Å². The van der Waals surface area contributed by atoms with E-state index in [9.17, 15) is 9.59 Å². The third-order valence-corrected chi connectivity index (χ3v) is 6.14. The third-order valence-electron chi connectivity index (χ3n) is 6.14. The van der Waals surface area contributed by atoms with E-state index in [4.69, 9.17) is 9.47 Å². The Labute approximate surface area is 216 Å². The monoisotopic (exact) mass is 507 g/mol. The Kier molecular flexibility index (Phi) is 8.68. The fraction of sp³-hybridized carbons (Fsp3) is 0.423. The maximum atomic E-state index is 12.7. The molecular weight excluding hydrogens is 474 g/mol. The van der Waals surface area contributed by atoms with Crippen LogP contribution in [0.5, 0.6) is 11.6 Å². The molecule has 3 aromatic rings. The van der Waals surface area contributed by atoms with Gasteiger partial charge in [0.15, 0.2) is 0 Å². The number of nitrogens with zero attached hydrogens (tertiary/aromatic N) is 6. The van der Waals surface area contributed by atoms with Crippen molar-refractivity contribution in [2.75, 3.05) is 57.9 Å². The first-order chi connectivity index (χ1) is 17.9. The number of anilines is 1. The topological polar surface area (TPSA) is 115 Å². The van der Waals surface area contributed by atoms with Crippen molar-refractivity contribution in [2.24, 2.45) is 0 Å². The van der Waals surface area contributed by atoms with Gasteiger partial charge in [-0.25, -0.2) is 14.6 Å². The molecule has 3 heterocycles. The van der Waals surface area contributed by atoms with Gasteiger partial charge in [-0.15, -0.1) is 0 Å². The largest absolute Gasteiger partial charge is 0.494 e. The average molecular weight is 508 g/mol. The van der Waals surface area contributed by atoms with Crippen LogP contribution in [0, 0.1) is 0 Å². The summed E-state index contributed by atoms with van der Waals surface area (Å²) in [5.74, 6) is 1.70. The fourth-order valence-electron chi connectivity index (χ4n) is 3.95. The summed E-state index contributed by atoms with van der Waals surface area (Å²) in [6.45, 7) is 8.37. The molecule has 1 aliphatic rings. The molecular formula is C26H33N7O4. The van der Waals surface area contributed by atoms with Crippen molar-refractivity contribution < 1.29 is 14.3 Å². The normalized spacial score (nSPS) is 14.7. The van der Waals surface area contributed by atoms with Gasteiger partial charge in [0.1, 0.15) is 30.5 Å². The molecule has 0 spiro atoms. The lowest BCUT2D eigenvalue weighted by Crippen LogP contribution is -2.44. The van der Waals surface area contributed by atoms with E-state index >= 15 is 0 Å². The van der Waals surface area contributed by atoms with Crippen molar-refractivity contribution in [3.63, 3.8) is 0 Å². The minimum Gasteiger partial charge on any atom is -0.494 e. The molecule has 196 valence electrons. The van der Waals surface area contributed by atoms with Crippen molar-refractivity contribution in [1.82, 2.24) is 30.0 Å². The molecule has 1 unspecified atom stereocenters. The van der Waals surface area contributed by atoms with E-state index in [0.717, 1.165) is 43.3 Å². The highest BCUT2D eigenvalue weighted by Gasteiger charge is 2.19. The summed E-state index contributed by atoms with van der Waals surface area (Å²) in [5, 5.41) is 7.22. The van der Waals surface area contributed by atoms with Gasteiger partial charge < -0.3 is 24.6 Å². The number of nitrogens with one attached hydrogen (secondary N) is 1. The summed E-state index contributed by atoms with van der Waals surface area (Å²) in [5.41, 5.74) is 1.05. The van der Waals surface area contributed by atoms with Gasteiger partial charge in [-0.1, -0.05) is 0 Å². The van der Waals surface area contributed by atoms with Crippen LogP contribution in [0.1, 0.15) is 19.9 Å². The number of aromatic nitrogens is 4. The number of hydrogen-bond donors (Lipinski definition) is 1. The number of piperazine rings is 1. The molecule has 1 aliphatic heterocycles. The van der Waals surface area contributed by atoms with Crippen LogP contribution in [-0.4, -0.2) is 83.5 Å². The molecule has 11 nitrogen and oxygen atoms in total. The van der Waals surface area contributed by atoms with Crippen LogP contribution in [-0.2, 0) is 4.79 Å². The van der Waals surface area contributed by atoms with E-state index in [1.54, 1.807) is 13.0 Å². The van der Waals surface area contributed by atoms with Gasteiger partial charge in [0.25, 0.3) is 5.56 Å². The van der Waals surface area contributed by atoms with Crippen molar-refractivity contribution in [2.45, 2.75) is 19.9 Å². The Bertz CT molecular complexity index is 1240. The van der Waals surface area contributed by atoms with E-state index in [0.29, 0.717) is 18.2 Å². The third kappa shape index (κ3) is 6.82. The maximum absolute atomic E-state index is 12.7. The standard InChI is InChI=1S/C26H33N7O4/c1-4-36-21-7-5-20(6-8-21)22-9-10-25(34)33(30-22)19(2)26(35)27-11-16-37-24-17-23(28-18-29-24)32-14-12-31(3)13-15-32/h5-10,17-19H,4,11-16H2,1-3H3,(H,27,35). The predicted octanol–water partition coefficient (Wildman–Crippen LogP) is 1.61. The highest BCUT2D eigenvalue weighted by Crippen LogP contribution is 2.20. The van der Waals surface area contributed by atoms with E-state index in [2.05, 4.69) is 37.2 Å². The number of carbonyl (C=O) groups excluding carboxylic acids is 1. The van der Waals surface area contributed by atoms with E-state index < -0.39 is 6.04 Å². The molecule has 4 rings (SSSR count). The van der Waals surface area contributed by atoms with E-state index in [1.165, 1.54) is 17.1 Å². The first-order valence-corrected chi connectivity index (χ1v) is 12.4. The number of amides is 1. The van der Waals surface area contributed by atoms with Gasteiger partial charge in [-0.2, -0.15) is 5.10 Å². The summed E-state index contributed by atoms with van der Waals surface area (Å²) in [4.78, 5) is 38.2. The number of ether oxygens (including phenoxy) is 2. The Morgan fingerprint density at radius 3 is 2.54 bits per heavy atom. The lowest BCUT2D eigenvalue weighted by molar-refractivity contribution is -0.124. The molecule has 37 heavy (non-hydrogen) atoms. The average Bonchev–Trinajstić information content (AvgIpc) is 2.92. The van der Waals surface area contributed by atoms with E-state index in [1.807, 2.05) is 37.3 Å². The molecule has 1 aromatic carbocycles. The van der Waals surface area contributed by atoms with Gasteiger partial charge in [0.05, 0.1) is 18.8 Å². The highest BCUT2D eigenvalue weighted by molar-refractivity contribution is 5.79. The lowest BCUT2D eigenvalue weighted by Gasteiger charge is -2.33. The lowest BCUT2D eigenvalue weighted by atomic mass is 10.1. The van der Waals surface area contributed by atoms with Crippen molar-refractivity contribution in [3.8, 4) is 22.9 Å². The summed E-state index contributed by atoms with van der Waals surface area (Å²) >= 11 is 0. The Hall–Kier alpha value is -3.99. The van der Waals surface area contributed by atoms with Crippen LogP contribution in [0.4, 0.5) is 5.82 Å². The molecule has 1 fully saturated rings. The molecule has 0 bridgehead atoms. The molecule has 1 amide bonds. The Morgan fingerprint density at radius 2 is 1.81 bits per heavy atom. The maximum Gasteiger partial charge on any atom is 0.267 e. The number of benzene rings is 1. The zero-order valence-electron chi connectivity index (χ0n) is 21.5. The molecule has 2 aromatic heterocycles. The van der Waals surface area contributed by atoms with Crippen LogP contribution >= 0.6 is 0 Å². The van der Waals surface area contributed by atoms with Crippen molar-refractivity contribution in [1.29, 1.82) is 0 Å². The predicted molar refractivity (Wildman–Crippen MR) is 140 cm³/mol. The number of carbonyl (C=O) groups is 1. The Morgan fingerprint density at radius 1 is 1.05 bits per heavy atom. The molecule has 0 aliphatic carbocycles. The second-order valence-corrected chi connectivity index (χ2v) is 8.78. The second kappa shape index (κ2) is 12.3. The van der Waals surface area contributed by atoms with Crippen molar-refractivity contribution >= 4 is 11.7 Å². The molecule has 0 saturated carbocycles. The molecule has 1 saturated heterocycles. The van der Waals surface area contributed by atoms with Gasteiger partial charge in [-0.3, -0.25) is 9.59 Å². The first kappa shape index (κ1) is 26.1. The molecule has 0 radical (unpaired) electrons. The van der Waals surface area contributed by atoms with Crippen molar-refractivity contribution in [3.05, 3.63) is 59.1 Å². The minimum atomic E-state index is -0.793. The van der Waals surface area contributed by atoms with Gasteiger partial charge in [0, 0.05) is 43.9 Å². The zero-order chi connectivity index (χ0) is 26.2. The summed E-state index contributed by atoms with van der Waals surface area (Å²) in [6.07, 6.45) is 1.49. The zero-order valence-corrected chi connectivity index (χ0v) is 21.5. The van der Waals surface area contributed by atoms with Gasteiger partial charge >= 0.3 is 0 Å². The second-order valence-electron chi connectivity index (χ2n) is 8.78. The summed E-state index contributed by atoms with van der Waals surface area (Å²) in [6, 6.07) is 11.5. The highest BCUT2D eigenvalue weighted by atomic mass is 16.5. The summed E-state index contributed by atoms with van der Waals surface area (Å²) < 4.78 is 12.4. The van der Waals surface area contributed by atoms with Crippen LogP contribution in [0.2, 0.25) is 0 Å². The molecule has 11 heteroatoms. The quantitative estimate of drug-likeness (QED) is 0.409. The number of hydrogen-bond acceptors (Lipinski definition) is 9. The van der Waals surface area contributed by atoms with Crippen LogP contribution in [0.3, 0.4) is 0 Å². The smallest absolute Gasteiger partial charge is 0.267 e.